The molecule has 0 radical (unpaired) electrons. The van der Waals surface area contributed by atoms with Crippen molar-refractivity contribution in [2.45, 2.75) is 18.8 Å². The molecule has 2 rings (SSSR count). The van der Waals surface area contributed by atoms with Crippen LogP contribution in [0.15, 0.2) is 6.07 Å². The molecule has 106 valence electrons. The summed E-state index contributed by atoms with van der Waals surface area (Å²) >= 11 is 0. The predicted octanol–water partition coefficient (Wildman–Crippen LogP) is 0.0847. The van der Waals surface area contributed by atoms with Gasteiger partial charge in [0.2, 0.25) is 0 Å². The van der Waals surface area contributed by atoms with Crippen LogP contribution in [0.5, 0.6) is 0 Å². The fraction of sp³-hybridized carbons (Fsp3) is 0.667. The standard InChI is InChI=1S/C12H21N5O2/c1-19-7-5-17(4-6-18)11-8-10(16-13)14-12(15-11)9-2-3-9/h8-9,18H,2-7,13H2,1H3,(H,14,15,16). The number of nitrogens with zero attached hydrogens (tertiary/aromatic N) is 3. The number of hydrogen-bond donors (Lipinski definition) is 3. The summed E-state index contributed by atoms with van der Waals surface area (Å²) in [6.07, 6.45) is 2.26. The number of nitrogens with two attached hydrogens (primary N) is 1. The Kier molecular flexibility index (Phi) is 4.89. The van der Waals surface area contributed by atoms with Crippen LogP contribution in [0.3, 0.4) is 0 Å². The molecule has 1 aromatic rings. The molecule has 1 aromatic heterocycles. The lowest BCUT2D eigenvalue weighted by molar-refractivity contribution is 0.202. The minimum Gasteiger partial charge on any atom is -0.395 e. The van der Waals surface area contributed by atoms with Gasteiger partial charge < -0.3 is 20.2 Å². The Hall–Kier alpha value is -1.44. The van der Waals surface area contributed by atoms with Crippen molar-refractivity contribution in [2.24, 2.45) is 5.84 Å². The normalized spacial score (nSPS) is 14.5. The summed E-state index contributed by atoms with van der Waals surface area (Å²) in [6.45, 7) is 1.82. The first-order valence-electron chi connectivity index (χ1n) is 6.48. The summed E-state index contributed by atoms with van der Waals surface area (Å²) in [5.41, 5.74) is 2.57. The zero-order chi connectivity index (χ0) is 13.7. The Balaban J connectivity index is 2.20. The lowest BCUT2D eigenvalue weighted by atomic mass is 10.3. The first kappa shape index (κ1) is 14.0. The van der Waals surface area contributed by atoms with E-state index in [9.17, 15) is 0 Å². The molecule has 19 heavy (non-hydrogen) atoms. The van der Waals surface area contributed by atoms with Crippen LogP contribution < -0.4 is 16.2 Å². The highest BCUT2D eigenvalue weighted by molar-refractivity contribution is 5.49. The first-order valence-corrected chi connectivity index (χ1v) is 6.48. The van der Waals surface area contributed by atoms with Crippen LogP contribution in [-0.4, -0.2) is 48.5 Å². The number of hydrazine groups is 1. The Bertz CT molecular complexity index is 411. The molecule has 0 bridgehead atoms. The maximum absolute atomic E-state index is 9.15. The number of anilines is 2. The van der Waals surface area contributed by atoms with Crippen LogP contribution in [0.2, 0.25) is 0 Å². The van der Waals surface area contributed by atoms with Crippen LogP contribution in [0, 0.1) is 0 Å². The second-order valence-electron chi connectivity index (χ2n) is 4.59. The number of rotatable bonds is 8. The molecule has 1 heterocycles. The van der Waals surface area contributed by atoms with E-state index in [2.05, 4.69) is 15.4 Å². The van der Waals surface area contributed by atoms with Crippen LogP contribution >= 0.6 is 0 Å². The van der Waals surface area contributed by atoms with Gasteiger partial charge in [-0.25, -0.2) is 15.8 Å². The quantitative estimate of drug-likeness (QED) is 0.453. The van der Waals surface area contributed by atoms with E-state index >= 15 is 0 Å². The zero-order valence-corrected chi connectivity index (χ0v) is 11.2. The topological polar surface area (TPSA) is 96.5 Å². The molecule has 0 saturated heterocycles. The van der Waals surface area contributed by atoms with E-state index in [1.165, 1.54) is 0 Å². The Labute approximate surface area is 112 Å². The van der Waals surface area contributed by atoms with E-state index < -0.39 is 0 Å². The van der Waals surface area contributed by atoms with Crippen LogP contribution in [0.4, 0.5) is 11.6 Å². The highest BCUT2D eigenvalue weighted by atomic mass is 16.5. The monoisotopic (exact) mass is 267 g/mol. The number of methoxy groups -OCH3 is 1. The first-order chi connectivity index (χ1) is 9.28. The summed E-state index contributed by atoms with van der Waals surface area (Å²) in [5, 5.41) is 9.15. The highest BCUT2D eigenvalue weighted by Crippen LogP contribution is 2.39. The van der Waals surface area contributed by atoms with E-state index in [4.69, 9.17) is 15.7 Å². The van der Waals surface area contributed by atoms with Gasteiger partial charge in [-0.2, -0.15) is 0 Å². The van der Waals surface area contributed by atoms with Crippen LogP contribution in [0.25, 0.3) is 0 Å². The minimum absolute atomic E-state index is 0.0673. The lowest BCUT2D eigenvalue weighted by Gasteiger charge is -2.23. The van der Waals surface area contributed by atoms with Gasteiger partial charge >= 0.3 is 0 Å². The summed E-state index contributed by atoms with van der Waals surface area (Å²) < 4.78 is 5.08. The smallest absolute Gasteiger partial charge is 0.145 e. The molecular formula is C12H21N5O2. The van der Waals surface area contributed by atoms with Gasteiger partial charge in [-0.15, -0.1) is 0 Å². The molecule has 1 aliphatic carbocycles. The number of nitrogens with one attached hydrogen (secondary N) is 1. The van der Waals surface area contributed by atoms with E-state index in [1.807, 2.05) is 4.90 Å². The van der Waals surface area contributed by atoms with Crippen molar-refractivity contribution in [1.82, 2.24) is 9.97 Å². The second-order valence-corrected chi connectivity index (χ2v) is 4.59. The SMILES string of the molecule is COCCN(CCO)c1cc(NN)nc(C2CC2)n1. The van der Waals surface area contributed by atoms with Gasteiger partial charge in [0.25, 0.3) is 0 Å². The van der Waals surface area contributed by atoms with Crippen molar-refractivity contribution in [1.29, 1.82) is 0 Å². The second kappa shape index (κ2) is 6.65. The molecule has 4 N–H and O–H groups in total. The van der Waals surface area contributed by atoms with E-state index in [0.717, 1.165) is 24.5 Å². The Morgan fingerprint density at radius 1 is 1.47 bits per heavy atom. The summed E-state index contributed by atoms with van der Waals surface area (Å²) in [5.74, 6) is 8.10. The third-order valence-electron chi connectivity index (χ3n) is 3.08. The molecule has 0 amide bonds. The molecule has 1 aliphatic rings. The predicted molar refractivity (Wildman–Crippen MR) is 73.0 cm³/mol. The third kappa shape index (κ3) is 3.76. The molecule has 0 atom stereocenters. The molecule has 0 spiro atoms. The number of nitrogen functional groups attached to an aromatic ring is 1. The lowest BCUT2D eigenvalue weighted by Crippen LogP contribution is -2.31. The van der Waals surface area contributed by atoms with Crippen molar-refractivity contribution >= 4 is 11.6 Å². The number of hydrogen-bond acceptors (Lipinski definition) is 7. The molecule has 7 heteroatoms. The van der Waals surface area contributed by atoms with Crippen LogP contribution in [0.1, 0.15) is 24.6 Å². The zero-order valence-electron chi connectivity index (χ0n) is 11.2. The van der Waals surface area contributed by atoms with Gasteiger partial charge in [-0.1, -0.05) is 0 Å². The number of ether oxygens (including phenoxy) is 1. The van der Waals surface area contributed by atoms with Crippen molar-refractivity contribution in [2.75, 3.05) is 43.7 Å². The van der Waals surface area contributed by atoms with Gasteiger partial charge in [0.05, 0.1) is 13.2 Å². The van der Waals surface area contributed by atoms with Crippen LogP contribution in [-0.2, 0) is 4.74 Å². The van der Waals surface area contributed by atoms with Crippen molar-refractivity contribution in [3.63, 3.8) is 0 Å². The Morgan fingerprint density at radius 3 is 2.84 bits per heavy atom. The van der Waals surface area contributed by atoms with Gasteiger partial charge in [0.15, 0.2) is 0 Å². The third-order valence-corrected chi connectivity index (χ3v) is 3.08. The Morgan fingerprint density at radius 2 is 2.26 bits per heavy atom. The molecular weight excluding hydrogens is 246 g/mol. The molecule has 7 nitrogen and oxygen atoms in total. The molecule has 0 unspecified atom stereocenters. The fourth-order valence-electron chi connectivity index (χ4n) is 1.88. The molecule has 0 aromatic carbocycles. The minimum atomic E-state index is 0.0673. The van der Waals surface area contributed by atoms with Gasteiger partial charge in [-0.05, 0) is 12.8 Å². The van der Waals surface area contributed by atoms with Crippen molar-refractivity contribution in [3.8, 4) is 0 Å². The maximum atomic E-state index is 9.15. The fourth-order valence-corrected chi connectivity index (χ4v) is 1.88. The van der Waals surface area contributed by atoms with Crippen molar-refractivity contribution in [3.05, 3.63) is 11.9 Å². The maximum Gasteiger partial charge on any atom is 0.145 e. The molecule has 1 fully saturated rings. The van der Waals surface area contributed by atoms with E-state index in [0.29, 0.717) is 31.4 Å². The van der Waals surface area contributed by atoms with Gasteiger partial charge in [0, 0.05) is 32.2 Å². The number of aliphatic hydroxyl groups is 1. The average molecular weight is 267 g/mol. The van der Waals surface area contributed by atoms with E-state index in [-0.39, 0.29) is 6.61 Å². The van der Waals surface area contributed by atoms with E-state index in [1.54, 1.807) is 13.2 Å². The molecule has 1 saturated carbocycles. The van der Waals surface area contributed by atoms with Gasteiger partial charge in [0.1, 0.15) is 17.5 Å². The van der Waals surface area contributed by atoms with Crippen molar-refractivity contribution < 1.29 is 9.84 Å². The number of aliphatic hydroxyl groups excluding tert-OH is 1. The summed E-state index contributed by atoms with van der Waals surface area (Å²) in [7, 11) is 1.65. The molecule has 0 aliphatic heterocycles. The highest BCUT2D eigenvalue weighted by Gasteiger charge is 2.27. The van der Waals surface area contributed by atoms with Gasteiger partial charge in [-0.3, -0.25) is 0 Å². The largest absolute Gasteiger partial charge is 0.395 e. The number of aromatic nitrogens is 2. The summed E-state index contributed by atoms with van der Waals surface area (Å²) in [6, 6.07) is 1.79. The summed E-state index contributed by atoms with van der Waals surface area (Å²) in [4.78, 5) is 10.9. The average Bonchev–Trinajstić information content (AvgIpc) is 3.27.